The average Bonchev–Trinajstić information content (AvgIpc) is 2.36. The van der Waals surface area contributed by atoms with Gasteiger partial charge in [-0.3, -0.25) is 0 Å². The van der Waals surface area contributed by atoms with E-state index in [0.29, 0.717) is 23.0 Å². The predicted molar refractivity (Wildman–Crippen MR) is 75.5 cm³/mol. The van der Waals surface area contributed by atoms with Crippen molar-refractivity contribution in [2.24, 2.45) is 11.7 Å². The highest BCUT2D eigenvalue weighted by Gasteiger charge is 2.16. The van der Waals surface area contributed by atoms with Gasteiger partial charge in [0.15, 0.2) is 9.84 Å². The Balaban J connectivity index is 2.91. The Kier molecular flexibility index (Phi) is 5.16. The molecule has 5 heteroatoms. The number of rotatable bonds is 6. The van der Waals surface area contributed by atoms with Crippen LogP contribution in [0, 0.1) is 5.92 Å². The zero-order valence-corrected chi connectivity index (χ0v) is 12.0. The van der Waals surface area contributed by atoms with Crippen molar-refractivity contribution in [1.82, 2.24) is 0 Å². The highest BCUT2D eigenvalue weighted by molar-refractivity contribution is 7.91. The number of para-hydroxylation sites is 1. The van der Waals surface area contributed by atoms with E-state index in [1.165, 1.54) is 0 Å². The van der Waals surface area contributed by atoms with Crippen LogP contribution in [0.4, 0.5) is 5.69 Å². The minimum absolute atomic E-state index is 0.00221. The second kappa shape index (κ2) is 6.20. The zero-order valence-electron chi connectivity index (χ0n) is 11.2. The van der Waals surface area contributed by atoms with Crippen molar-refractivity contribution in [3.05, 3.63) is 24.3 Å². The van der Waals surface area contributed by atoms with Crippen LogP contribution in [-0.2, 0) is 9.84 Å². The van der Waals surface area contributed by atoms with Crippen LogP contribution in [0.5, 0.6) is 0 Å². The molecule has 1 unspecified atom stereocenters. The lowest BCUT2D eigenvalue weighted by atomic mass is 10.1. The van der Waals surface area contributed by atoms with Crippen molar-refractivity contribution in [1.29, 1.82) is 0 Å². The average molecular weight is 270 g/mol. The van der Waals surface area contributed by atoms with E-state index in [-0.39, 0.29) is 11.8 Å². The van der Waals surface area contributed by atoms with Crippen molar-refractivity contribution in [3.63, 3.8) is 0 Å². The molecule has 0 aromatic heterocycles. The summed E-state index contributed by atoms with van der Waals surface area (Å²) < 4.78 is 23.9. The Hall–Kier alpha value is -1.07. The zero-order chi connectivity index (χ0) is 13.8. The second-order valence-corrected chi connectivity index (χ2v) is 6.94. The third-order valence-electron chi connectivity index (χ3n) is 2.99. The number of nitrogens with two attached hydrogens (primary N) is 1. The van der Waals surface area contributed by atoms with Gasteiger partial charge in [0, 0.05) is 12.6 Å². The molecule has 102 valence electrons. The first kappa shape index (κ1) is 15.0. The first-order valence-electron chi connectivity index (χ1n) is 6.19. The minimum atomic E-state index is -3.20. The second-order valence-electron chi connectivity index (χ2n) is 4.69. The van der Waals surface area contributed by atoms with E-state index in [1.807, 2.05) is 19.9 Å². The summed E-state index contributed by atoms with van der Waals surface area (Å²) in [5, 5.41) is 3.13. The minimum Gasteiger partial charge on any atom is -0.382 e. The Morgan fingerprint density at radius 1 is 1.28 bits per heavy atom. The molecule has 0 radical (unpaired) electrons. The topological polar surface area (TPSA) is 72.2 Å². The number of sulfone groups is 1. The van der Waals surface area contributed by atoms with Crippen LogP contribution in [0.2, 0.25) is 0 Å². The normalized spacial score (nSPS) is 13.6. The standard InChI is InChI=1S/C13H22N2O2S/c1-4-18(16,17)13-8-6-5-7-12(13)15-9-11(14)10(2)3/h5-8,10-11,15H,4,9,14H2,1-3H3. The molecule has 4 nitrogen and oxygen atoms in total. The lowest BCUT2D eigenvalue weighted by Crippen LogP contribution is -2.34. The molecule has 0 aliphatic rings. The van der Waals surface area contributed by atoms with Gasteiger partial charge in [0.05, 0.1) is 16.3 Å². The SMILES string of the molecule is CCS(=O)(=O)c1ccccc1NCC(N)C(C)C. The molecule has 0 saturated heterocycles. The summed E-state index contributed by atoms with van der Waals surface area (Å²) in [7, 11) is -3.20. The van der Waals surface area contributed by atoms with Gasteiger partial charge >= 0.3 is 0 Å². The van der Waals surface area contributed by atoms with Gasteiger partial charge in [-0.1, -0.05) is 32.9 Å². The van der Waals surface area contributed by atoms with E-state index in [2.05, 4.69) is 5.32 Å². The van der Waals surface area contributed by atoms with Crippen molar-refractivity contribution < 1.29 is 8.42 Å². The molecular formula is C13H22N2O2S. The van der Waals surface area contributed by atoms with Gasteiger partial charge < -0.3 is 11.1 Å². The monoisotopic (exact) mass is 270 g/mol. The summed E-state index contributed by atoms with van der Waals surface area (Å²) in [6.45, 7) is 6.29. The van der Waals surface area contributed by atoms with Crippen LogP contribution in [-0.4, -0.2) is 26.8 Å². The number of nitrogens with one attached hydrogen (secondary N) is 1. The fraction of sp³-hybridized carbons (Fsp3) is 0.538. The third kappa shape index (κ3) is 3.71. The number of benzene rings is 1. The predicted octanol–water partition coefficient (Wildman–Crippen LogP) is 1.88. The Labute approximate surface area is 110 Å². The maximum atomic E-state index is 11.9. The van der Waals surface area contributed by atoms with Gasteiger partial charge in [0.2, 0.25) is 0 Å². The largest absolute Gasteiger partial charge is 0.382 e. The Bertz CT molecular complexity index is 484. The molecule has 1 aromatic carbocycles. The number of hydrogen-bond donors (Lipinski definition) is 2. The molecule has 0 fully saturated rings. The molecule has 18 heavy (non-hydrogen) atoms. The van der Waals surface area contributed by atoms with Gasteiger partial charge in [-0.25, -0.2) is 8.42 Å². The molecule has 1 atom stereocenters. The van der Waals surface area contributed by atoms with E-state index in [9.17, 15) is 8.42 Å². The highest BCUT2D eigenvalue weighted by atomic mass is 32.2. The van der Waals surface area contributed by atoms with Crippen molar-refractivity contribution in [2.45, 2.75) is 31.7 Å². The highest BCUT2D eigenvalue weighted by Crippen LogP contribution is 2.22. The van der Waals surface area contributed by atoms with Crippen LogP contribution in [0.15, 0.2) is 29.2 Å². The van der Waals surface area contributed by atoms with E-state index in [1.54, 1.807) is 25.1 Å². The Morgan fingerprint density at radius 2 is 1.89 bits per heavy atom. The summed E-state index contributed by atoms with van der Waals surface area (Å²) in [5.74, 6) is 0.453. The van der Waals surface area contributed by atoms with Crippen molar-refractivity contribution in [3.8, 4) is 0 Å². The first-order valence-corrected chi connectivity index (χ1v) is 7.85. The summed E-state index contributed by atoms with van der Waals surface area (Å²) in [5.41, 5.74) is 6.58. The van der Waals surface area contributed by atoms with Gasteiger partial charge in [-0.15, -0.1) is 0 Å². The molecule has 0 bridgehead atoms. The summed E-state index contributed by atoms with van der Waals surface area (Å²) in [6.07, 6.45) is 0. The van der Waals surface area contributed by atoms with Gasteiger partial charge in [-0.05, 0) is 18.1 Å². The van der Waals surface area contributed by atoms with Crippen molar-refractivity contribution in [2.75, 3.05) is 17.6 Å². The van der Waals surface area contributed by atoms with Gasteiger partial charge in [0.25, 0.3) is 0 Å². The molecule has 3 N–H and O–H groups in total. The summed E-state index contributed by atoms with van der Waals surface area (Å²) in [4.78, 5) is 0.350. The molecule has 1 aromatic rings. The molecule has 0 spiro atoms. The third-order valence-corrected chi connectivity index (χ3v) is 4.77. The quantitative estimate of drug-likeness (QED) is 0.828. The van der Waals surface area contributed by atoms with Crippen molar-refractivity contribution >= 4 is 15.5 Å². The molecular weight excluding hydrogens is 248 g/mol. The van der Waals surface area contributed by atoms with Gasteiger partial charge in [0.1, 0.15) is 0 Å². The molecule has 0 aliphatic heterocycles. The maximum absolute atomic E-state index is 11.9. The number of hydrogen-bond acceptors (Lipinski definition) is 4. The summed E-state index contributed by atoms with van der Waals surface area (Å²) in [6, 6.07) is 6.95. The smallest absolute Gasteiger partial charge is 0.180 e. The lowest BCUT2D eigenvalue weighted by molar-refractivity contribution is 0.511. The van der Waals surface area contributed by atoms with E-state index >= 15 is 0 Å². The maximum Gasteiger partial charge on any atom is 0.180 e. The molecule has 0 amide bonds. The van der Waals surface area contributed by atoms with E-state index in [4.69, 9.17) is 5.73 Å². The first-order chi connectivity index (χ1) is 8.38. The van der Waals surface area contributed by atoms with Crippen LogP contribution >= 0.6 is 0 Å². The van der Waals surface area contributed by atoms with E-state index < -0.39 is 9.84 Å². The molecule has 1 rings (SSSR count). The molecule has 0 saturated carbocycles. The summed E-state index contributed by atoms with van der Waals surface area (Å²) >= 11 is 0. The van der Waals surface area contributed by atoms with Crippen LogP contribution < -0.4 is 11.1 Å². The fourth-order valence-electron chi connectivity index (χ4n) is 1.50. The van der Waals surface area contributed by atoms with Crippen LogP contribution in [0.1, 0.15) is 20.8 Å². The number of anilines is 1. The fourth-order valence-corrected chi connectivity index (χ4v) is 2.58. The molecule has 0 aliphatic carbocycles. The van der Waals surface area contributed by atoms with Crippen LogP contribution in [0.25, 0.3) is 0 Å². The van der Waals surface area contributed by atoms with E-state index in [0.717, 1.165) is 0 Å². The van der Waals surface area contributed by atoms with Crippen LogP contribution in [0.3, 0.4) is 0 Å². The van der Waals surface area contributed by atoms with Gasteiger partial charge in [-0.2, -0.15) is 0 Å². The Morgan fingerprint density at radius 3 is 2.44 bits per heavy atom. The lowest BCUT2D eigenvalue weighted by Gasteiger charge is -2.18. The molecule has 0 heterocycles.